The first-order valence-corrected chi connectivity index (χ1v) is 11.1. The second-order valence-corrected chi connectivity index (χ2v) is 8.06. The van der Waals surface area contributed by atoms with Gasteiger partial charge in [0.2, 0.25) is 0 Å². The number of nitrogens with one attached hydrogen (secondary N) is 1. The maximum Gasteiger partial charge on any atom is 0.310 e. The molecule has 7 nitrogen and oxygen atoms in total. The summed E-state index contributed by atoms with van der Waals surface area (Å²) in [4.78, 5) is 11.8. The van der Waals surface area contributed by atoms with E-state index in [1.54, 1.807) is 12.1 Å². The van der Waals surface area contributed by atoms with Crippen LogP contribution in [0.1, 0.15) is 23.0 Å². The Bertz CT molecular complexity index is 1230. The third kappa shape index (κ3) is 6.53. The lowest BCUT2D eigenvalue weighted by molar-refractivity contribution is -0.146. The number of hydrogen-bond donors (Lipinski definition) is 3. The number of carbonyl (C=O) groups is 1. The van der Waals surface area contributed by atoms with E-state index in [1.807, 2.05) is 54.6 Å². The Morgan fingerprint density at radius 3 is 2.40 bits per heavy atom. The summed E-state index contributed by atoms with van der Waals surface area (Å²) in [5.74, 6) is -1.94. The maximum atomic E-state index is 13.0. The maximum absolute atomic E-state index is 13.0. The van der Waals surface area contributed by atoms with Crippen LogP contribution in [0.5, 0.6) is 5.75 Å². The summed E-state index contributed by atoms with van der Waals surface area (Å²) in [5.41, 5.74) is 3.06. The summed E-state index contributed by atoms with van der Waals surface area (Å²) in [6.07, 6.45) is -1.40. The molecule has 1 aromatic heterocycles. The van der Waals surface area contributed by atoms with Crippen LogP contribution >= 0.6 is 0 Å². The molecule has 0 aliphatic carbocycles. The van der Waals surface area contributed by atoms with Gasteiger partial charge in [0, 0.05) is 24.7 Å². The van der Waals surface area contributed by atoms with Gasteiger partial charge in [-0.1, -0.05) is 47.6 Å². The number of carboxylic acids is 1. The Balaban J connectivity index is 1.35. The third-order valence-corrected chi connectivity index (χ3v) is 5.52. The number of rotatable bonds is 11. The Labute approximate surface area is 201 Å². The van der Waals surface area contributed by atoms with Crippen molar-refractivity contribution in [3.63, 3.8) is 0 Å². The lowest BCUT2D eigenvalue weighted by Gasteiger charge is -2.17. The highest BCUT2D eigenvalue weighted by Crippen LogP contribution is 2.28. The van der Waals surface area contributed by atoms with Crippen LogP contribution in [0.15, 0.2) is 89.5 Å². The van der Waals surface area contributed by atoms with Crippen molar-refractivity contribution in [2.45, 2.75) is 19.3 Å². The van der Waals surface area contributed by atoms with E-state index < -0.39 is 18.0 Å². The molecule has 4 rings (SSSR count). The van der Waals surface area contributed by atoms with Gasteiger partial charge in [-0.05, 0) is 47.5 Å². The van der Waals surface area contributed by atoms with Crippen LogP contribution in [0.3, 0.4) is 0 Å². The minimum atomic E-state index is -1.40. The SMILES string of the molecule is O=C(O)C(CNCc1ccc(F)cc1)C(O)c1cc(-c2ccc(OCc3ccccc3)cc2)no1. The molecular weight excluding hydrogens is 451 g/mol. The Morgan fingerprint density at radius 2 is 1.71 bits per heavy atom. The molecule has 1 heterocycles. The molecule has 3 aromatic carbocycles. The Morgan fingerprint density at radius 1 is 1.00 bits per heavy atom. The molecule has 2 atom stereocenters. The van der Waals surface area contributed by atoms with Gasteiger partial charge in [-0.25, -0.2) is 4.39 Å². The van der Waals surface area contributed by atoms with E-state index in [1.165, 1.54) is 18.2 Å². The van der Waals surface area contributed by atoms with Gasteiger partial charge >= 0.3 is 5.97 Å². The van der Waals surface area contributed by atoms with Gasteiger partial charge in [-0.3, -0.25) is 4.79 Å². The number of aliphatic carboxylic acids is 1. The summed E-state index contributed by atoms with van der Waals surface area (Å²) in [6, 6.07) is 24.5. The largest absolute Gasteiger partial charge is 0.489 e. The molecule has 180 valence electrons. The molecule has 3 N–H and O–H groups in total. The van der Waals surface area contributed by atoms with Crippen molar-refractivity contribution in [2.24, 2.45) is 5.92 Å². The van der Waals surface area contributed by atoms with Gasteiger partial charge in [0.25, 0.3) is 0 Å². The molecule has 4 aromatic rings. The number of benzene rings is 3. The third-order valence-electron chi connectivity index (χ3n) is 5.52. The summed E-state index contributed by atoms with van der Waals surface area (Å²) < 4.78 is 24.1. The van der Waals surface area contributed by atoms with Crippen molar-refractivity contribution in [3.05, 3.63) is 108 Å². The van der Waals surface area contributed by atoms with Crippen molar-refractivity contribution >= 4 is 5.97 Å². The van der Waals surface area contributed by atoms with Crippen molar-refractivity contribution in [3.8, 4) is 17.0 Å². The highest BCUT2D eigenvalue weighted by Gasteiger charge is 2.30. The molecule has 35 heavy (non-hydrogen) atoms. The fraction of sp³-hybridized carbons (Fsp3) is 0.185. The highest BCUT2D eigenvalue weighted by atomic mass is 19.1. The molecule has 0 bridgehead atoms. The monoisotopic (exact) mass is 476 g/mol. The van der Waals surface area contributed by atoms with E-state index >= 15 is 0 Å². The quantitative estimate of drug-likeness (QED) is 0.291. The second kappa shape index (κ2) is 11.4. The zero-order chi connectivity index (χ0) is 24.6. The number of aliphatic hydroxyl groups excluding tert-OH is 1. The van der Waals surface area contributed by atoms with Crippen LogP contribution in [-0.4, -0.2) is 27.9 Å². The Hall–Kier alpha value is -4.01. The minimum absolute atomic E-state index is 0.0165. The molecule has 8 heteroatoms. The van der Waals surface area contributed by atoms with Crippen LogP contribution in [0, 0.1) is 11.7 Å². The fourth-order valence-corrected chi connectivity index (χ4v) is 3.53. The zero-order valence-electron chi connectivity index (χ0n) is 18.8. The first-order chi connectivity index (χ1) is 17.0. The number of aromatic nitrogens is 1. The Kier molecular flexibility index (Phi) is 7.87. The predicted octanol–water partition coefficient (Wildman–Crippen LogP) is 4.58. The number of ether oxygens (including phenoxy) is 1. The average Bonchev–Trinajstić information content (AvgIpc) is 3.37. The van der Waals surface area contributed by atoms with Crippen LogP contribution in [-0.2, 0) is 17.9 Å². The van der Waals surface area contributed by atoms with E-state index in [2.05, 4.69) is 10.5 Å². The minimum Gasteiger partial charge on any atom is -0.489 e. The molecule has 0 amide bonds. The molecule has 0 spiro atoms. The van der Waals surface area contributed by atoms with Crippen LogP contribution < -0.4 is 10.1 Å². The average molecular weight is 477 g/mol. The standard InChI is InChI=1S/C27H25FN2O5/c28-21-10-6-18(7-11-21)15-29-16-23(27(32)33)26(31)25-14-24(30-35-25)20-8-12-22(13-9-20)34-17-19-4-2-1-3-5-19/h1-14,23,26,29,31H,15-17H2,(H,32,33). The first-order valence-electron chi connectivity index (χ1n) is 11.1. The lowest BCUT2D eigenvalue weighted by Crippen LogP contribution is -2.32. The molecule has 0 saturated heterocycles. The summed E-state index contributed by atoms with van der Waals surface area (Å²) in [5, 5.41) is 27.2. The van der Waals surface area contributed by atoms with Gasteiger partial charge in [0.05, 0.1) is 0 Å². The lowest BCUT2D eigenvalue weighted by atomic mass is 9.99. The number of halogens is 1. The normalized spacial score (nSPS) is 12.7. The fourth-order valence-electron chi connectivity index (χ4n) is 3.53. The van der Waals surface area contributed by atoms with Crippen molar-refractivity contribution in [2.75, 3.05) is 6.54 Å². The number of hydrogen-bond acceptors (Lipinski definition) is 6. The number of aliphatic hydroxyl groups is 1. The molecule has 0 radical (unpaired) electrons. The van der Waals surface area contributed by atoms with E-state index in [0.29, 0.717) is 24.6 Å². The van der Waals surface area contributed by atoms with Crippen molar-refractivity contribution in [1.82, 2.24) is 10.5 Å². The van der Waals surface area contributed by atoms with E-state index in [9.17, 15) is 19.4 Å². The zero-order valence-corrected chi connectivity index (χ0v) is 18.8. The van der Waals surface area contributed by atoms with Gasteiger partial charge in [-0.2, -0.15) is 0 Å². The smallest absolute Gasteiger partial charge is 0.310 e. The number of nitrogens with zero attached hydrogens (tertiary/aromatic N) is 1. The van der Waals surface area contributed by atoms with Gasteiger partial charge in [0.15, 0.2) is 5.76 Å². The van der Waals surface area contributed by atoms with Crippen LogP contribution in [0.25, 0.3) is 11.3 Å². The predicted molar refractivity (Wildman–Crippen MR) is 127 cm³/mol. The van der Waals surface area contributed by atoms with Crippen molar-refractivity contribution in [1.29, 1.82) is 0 Å². The van der Waals surface area contributed by atoms with E-state index in [0.717, 1.165) is 16.7 Å². The summed E-state index contributed by atoms with van der Waals surface area (Å²) in [6.45, 7) is 0.765. The molecule has 0 aliphatic heterocycles. The highest BCUT2D eigenvalue weighted by molar-refractivity contribution is 5.71. The molecular formula is C27H25FN2O5. The van der Waals surface area contributed by atoms with Crippen molar-refractivity contribution < 1.29 is 28.7 Å². The van der Waals surface area contributed by atoms with Gasteiger partial charge in [0.1, 0.15) is 35.9 Å². The summed E-state index contributed by atoms with van der Waals surface area (Å²) >= 11 is 0. The molecule has 0 saturated carbocycles. The van der Waals surface area contributed by atoms with Crippen LogP contribution in [0.4, 0.5) is 4.39 Å². The van der Waals surface area contributed by atoms with Crippen LogP contribution in [0.2, 0.25) is 0 Å². The van der Waals surface area contributed by atoms with E-state index in [4.69, 9.17) is 9.26 Å². The van der Waals surface area contributed by atoms with E-state index in [-0.39, 0.29) is 18.1 Å². The molecule has 0 aliphatic rings. The van der Waals surface area contributed by atoms with Gasteiger partial charge in [-0.15, -0.1) is 0 Å². The molecule has 2 unspecified atom stereocenters. The summed E-state index contributed by atoms with van der Waals surface area (Å²) in [7, 11) is 0. The first kappa shape index (κ1) is 24.1. The molecule has 0 fully saturated rings. The topological polar surface area (TPSA) is 105 Å². The number of carboxylic acid groups (broad SMARTS) is 1. The second-order valence-electron chi connectivity index (χ2n) is 8.06. The van der Waals surface area contributed by atoms with Gasteiger partial charge < -0.3 is 24.8 Å².